The topological polar surface area (TPSA) is 89.3 Å². The number of hydrogen-bond acceptors (Lipinski definition) is 4. The molecule has 116 valence electrons. The zero-order chi connectivity index (χ0) is 16.5. The van der Waals surface area contributed by atoms with Crippen LogP contribution in [0.1, 0.15) is 5.56 Å². The maximum Gasteiger partial charge on any atom is 0.270 e. The Labute approximate surface area is 130 Å². The van der Waals surface area contributed by atoms with Gasteiger partial charge in [0, 0.05) is 12.1 Å². The van der Waals surface area contributed by atoms with Gasteiger partial charge in [0.1, 0.15) is 5.82 Å². The van der Waals surface area contributed by atoms with Crippen LogP contribution in [0.5, 0.6) is 0 Å². The summed E-state index contributed by atoms with van der Waals surface area (Å²) in [6.07, 6.45) is 0. The first kappa shape index (κ1) is 16.2. The molecule has 0 heterocycles. The lowest BCUT2D eigenvalue weighted by Gasteiger charge is -2.10. The van der Waals surface area contributed by atoms with Crippen LogP contribution in [0, 0.1) is 22.9 Å². The van der Waals surface area contributed by atoms with Crippen LogP contribution < -0.4 is 4.72 Å². The summed E-state index contributed by atoms with van der Waals surface area (Å²) in [6, 6.07) is 6.84. The predicted molar refractivity (Wildman–Crippen MR) is 80.1 cm³/mol. The van der Waals surface area contributed by atoms with Crippen LogP contribution in [0.4, 0.5) is 15.8 Å². The van der Waals surface area contributed by atoms with E-state index in [-0.39, 0.29) is 21.3 Å². The Morgan fingerprint density at radius 1 is 1.23 bits per heavy atom. The molecule has 22 heavy (non-hydrogen) atoms. The molecule has 0 atom stereocenters. The predicted octanol–water partition coefficient (Wildman–Crippen LogP) is 3.50. The Balaban J connectivity index is 2.44. The van der Waals surface area contributed by atoms with Crippen LogP contribution in [0.15, 0.2) is 41.3 Å². The van der Waals surface area contributed by atoms with Crippen molar-refractivity contribution in [3.8, 4) is 0 Å². The smallest absolute Gasteiger partial charge is 0.270 e. The highest BCUT2D eigenvalue weighted by Gasteiger charge is 2.21. The Bertz CT molecular complexity index is 855. The largest absolute Gasteiger partial charge is 0.280 e. The van der Waals surface area contributed by atoms with Gasteiger partial charge in [-0.3, -0.25) is 14.8 Å². The minimum Gasteiger partial charge on any atom is -0.280 e. The Morgan fingerprint density at radius 2 is 1.91 bits per heavy atom. The van der Waals surface area contributed by atoms with Gasteiger partial charge >= 0.3 is 0 Å². The molecule has 0 fully saturated rings. The third-order valence-corrected chi connectivity index (χ3v) is 4.66. The summed E-state index contributed by atoms with van der Waals surface area (Å²) in [5, 5.41) is 10.5. The van der Waals surface area contributed by atoms with E-state index in [0.29, 0.717) is 5.56 Å². The molecule has 0 saturated carbocycles. The molecule has 0 radical (unpaired) electrons. The fraction of sp³-hybridized carbons (Fsp3) is 0.0769. The maximum atomic E-state index is 13.1. The Kier molecular flexibility index (Phi) is 4.34. The standard InChI is InChI=1S/C13H10ClFN2O4S/c1-8-2-4-10(17(18)19)7-13(8)22(20,21)16-9-3-5-12(15)11(14)6-9/h2-7,16H,1H3. The van der Waals surface area contributed by atoms with Crippen molar-refractivity contribution in [2.75, 3.05) is 4.72 Å². The van der Waals surface area contributed by atoms with Crippen LogP contribution in [-0.2, 0) is 10.0 Å². The molecule has 0 amide bonds. The first-order valence-electron chi connectivity index (χ1n) is 5.93. The molecule has 0 aromatic heterocycles. The highest BCUT2D eigenvalue weighted by Crippen LogP contribution is 2.25. The molecule has 1 N–H and O–H groups in total. The number of aryl methyl sites for hydroxylation is 1. The zero-order valence-corrected chi connectivity index (χ0v) is 12.8. The van der Waals surface area contributed by atoms with E-state index >= 15 is 0 Å². The number of nitro groups is 1. The summed E-state index contributed by atoms with van der Waals surface area (Å²) in [5.74, 6) is -0.684. The van der Waals surface area contributed by atoms with E-state index in [1.807, 2.05) is 0 Å². The summed E-state index contributed by atoms with van der Waals surface area (Å²) in [5.41, 5.74) is 0.0479. The molecule has 2 aromatic carbocycles. The molecular weight excluding hydrogens is 335 g/mol. The molecule has 0 aliphatic heterocycles. The van der Waals surface area contributed by atoms with Gasteiger partial charge in [-0.1, -0.05) is 17.7 Å². The van der Waals surface area contributed by atoms with Gasteiger partial charge in [0.25, 0.3) is 15.7 Å². The van der Waals surface area contributed by atoms with E-state index in [1.54, 1.807) is 0 Å². The van der Waals surface area contributed by atoms with Gasteiger partial charge in [-0.05, 0) is 30.7 Å². The number of benzene rings is 2. The van der Waals surface area contributed by atoms with Gasteiger partial charge in [0.2, 0.25) is 0 Å². The third kappa shape index (κ3) is 3.34. The highest BCUT2D eigenvalue weighted by atomic mass is 35.5. The first-order valence-corrected chi connectivity index (χ1v) is 7.80. The van der Waals surface area contributed by atoms with Gasteiger partial charge < -0.3 is 0 Å². The van der Waals surface area contributed by atoms with E-state index in [0.717, 1.165) is 18.2 Å². The lowest BCUT2D eigenvalue weighted by atomic mass is 10.2. The normalized spacial score (nSPS) is 11.2. The lowest BCUT2D eigenvalue weighted by Crippen LogP contribution is -2.14. The number of anilines is 1. The average Bonchev–Trinajstić information content (AvgIpc) is 2.42. The molecule has 0 aliphatic rings. The van der Waals surface area contributed by atoms with Crippen LogP contribution in [0.3, 0.4) is 0 Å². The molecule has 0 spiro atoms. The average molecular weight is 345 g/mol. The number of halogens is 2. The Hall–Kier alpha value is -2.19. The van der Waals surface area contributed by atoms with Crippen LogP contribution >= 0.6 is 11.6 Å². The van der Waals surface area contributed by atoms with Gasteiger partial charge in [-0.15, -0.1) is 0 Å². The monoisotopic (exact) mass is 344 g/mol. The van der Waals surface area contributed by atoms with Crippen molar-refractivity contribution < 1.29 is 17.7 Å². The molecule has 0 bridgehead atoms. The molecule has 0 unspecified atom stereocenters. The van der Waals surface area contributed by atoms with E-state index < -0.39 is 20.8 Å². The molecule has 2 aromatic rings. The van der Waals surface area contributed by atoms with Gasteiger partial charge in [0.15, 0.2) is 0 Å². The molecule has 0 saturated heterocycles. The number of nitrogens with one attached hydrogen (secondary N) is 1. The fourth-order valence-corrected chi connectivity index (χ4v) is 3.26. The van der Waals surface area contributed by atoms with E-state index in [2.05, 4.69) is 4.72 Å². The highest BCUT2D eigenvalue weighted by molar-refractivity contribution is 7.92. The quantitative estimate of drug-likeness (QED) is 0.679. The maximum absolute atomic E-state index is 13.1. The number of sulfonamides is 1. The number of rotatable bonds is 4. The zero-order valence-electron chi connectivity index (χ0n) is 11.2. The molecular formula is C13H10ClFN2O4S. The van der Waals surface area contributed by atoms with E-state index in [4.69, 9.17) is 11.6 Å². The SMILES string of the molecule is Cc1ccc([N+](=O)[O-])cc1S(=O)(=O)Nc1ccc(F)c(Cl)c1. The second-order valence-corrected chi connectivity index (χ2v) is 6.50. The van der Waals surface area contributed by atoms with Gasteiger partial charge in [0.05, 0.1) is 20.5 Å². The van der Waals surface area contributed by atoms with Gasteiger partial charge in [-0.25, -0.2) is 12.8 Å². The van der Waals surface area contributed by atoms with Crippen molar-refractivity contribution in [2.24, 2.45) is 0 Å². The van der Waals surface area contributed by atoms with E-state index in [9.17, 15) is 22.9 Å². The molecule has 0 aliphatic carbocycles. The molecule has 6 nitrogen and oxygen atoms in total. The van der Waals surface area contributed by atoms with Crippen molar-refractivity contribution in [2.45, 2.75) is 11.8 Å². The van der Waals surface area contributed by atoms with Gasteiger partial charge in [-0.2, -0.15) is 0 Å². The number of hydrogen-bond donors (Lipinski definition) is 1. The second-order valence-electron chi connectivity index (χ2n) is 4.44. The second kappa shape index (κ2) is 5.90. The van der Waals surface area contributed by atoms with Crippen molar-refractivity contribution in [1.82, 2.24) is 0 Å². The summed E-state index contributed by atoms with van der Waals surface area (Å²) in [4.78, 5) is 9.84. The van der Waals surface area contributed by atoms with Crippen molar-refractivity contribution in [3.05, 3.63) is 62.9 Å². The third-order valence-electron chi connectivity index (χ3n) is 2.84. The van der Waals surface area contributed by atoms with E-state index in [1.165, 1.54) is 25.1 Å². The summed E-state index contributed by atoms with van der Waals surface area (Å²) < 4.78 is 39.9. The fourth-order valence-electron chi connectivity index (χ4n) is 1.76. The summed E-state index contributed by atoms with van der Waals surface area (Å²) in [6.45, 7) is 1.51. The minimum atomic E-state index is -4.07. The summed E-state index contributed by atoms with van der Waals surface area (Å²) >= 11 is 5.59. The lowest BCUT2D eigenvalue weighted by molar-refractivity contribution is -0.385. The van der Waals surface area contributed by atoms with Crippen molar-refractivity contribution in [1.29, 1.82) is 0 Å². The van der Waals surface area contributed by atoms with Crippen molar-refractivity contribution >= 4 is 33.0 Å². The van der Waals surface area contributed by atoms with Crippen LogP contribution in [0.25, 0.3) is 0 Å². The van der Waals surface area contributed by atoms with Crippen LogP contribution in [0.2, 0.25) is 5.02 Å². The number of nitrogens with zero attached hydrogens (tertiary/aromatic N) is 1. The van der Waals surface area contributed by atoms with Crippen LogP contribution in [-0.4, -0.2) is 13.3 Å². The number of nitro benzene ring substituents is 1. The Morgan fingerprint density at radius 3 is 2.50 bits per heavy atom. The van der Waals surface area contributed by atoms with Crippen molar-refractivity contribution in [3.63, 3.8) is 0 Å². The number of non-ortho nitro benzene ring substituents is 1. The minimum absolute atomic E-state index is 0.0531. The molecule has 2 rings (SSSR count). The molecule has 9 heteroatoms. The first-order chi connectivity index (χ1) is 10.2. The summed E-state index contributed by atoms with van der Waals surface area (Å²) in [7, 11) is -4.07.